The van der Waals surface area contributed by atoms with E-state index in [0.29, 0.717) is 6.04 Å². The first-order valence-electron chi connectivity index (χ1n) is 7.71. The maximum Gasteiger partial charge on any atom is 0.0236 e. The van der Waals surface area contributed by atoms with E-state index in [4.69, 9.17) is 0 Å². The Kier molecular flexibility index (Phi) is 5.41. The zero-order valence-electron chi connectivity index (χ0n) is 12.7. The molecule has 1 atom stereocenters. The van der Waals surface area contributed by atoms with Crippen LogP contribution in [0.2, 0.25) is 0 Å². The molecule has 106 valence electrons. The predicted octanol–water partition coefficient (Wildman–Crippen LogP) is 3.21. The van der Waals surface area contributed by atoms with E-state index >= 15 is 0 Å². The predicted molar refractivity (Wildman–Crippen MR) is 82.4 cm³/mol. The molecule has 1 aromatic rings. The van der Waals surface area contributed by atoms with Crippen LogP contribution in [-0.2, 0) is 13.0 Å². The van der Waals surface area contributed by atoms with E-state index < -0.39 is 0 Å². The topological polar surface area (TPSA) is 15.3 Å². The molecule has 0 spiro atoms. The van der Waals surface area contributed by atoms with Crippen LogP contribution in [0.5, 0.6) is 0 Å². The Balaban J connectivity index is 1.90. The van der Waals surface area contributed by atoms with Crippen molar-refractivity contribution in [1.29, 1.82) is 0 Å². The Morgan fingerprint density at radius 2 is 1.95 bits per heavy atom. The van der Waals surface area contributed by atoms with Gasteiger partial charge in [0.05, 0.1) is 0 Å². The Bertz CT molecular complexity index is 385. The number of hydrogen-bond donors (Lipinski definition) is 1. The number of nitrogens with zero attached hydrogens (tertiary/aromatic N) is 1. The lowest BCUT2D eigenvalue weighted by Crippen LogP contribution is -2.28. The average molecular weight is 260 g/mol. The molecule has 1 fully saturated rings. The van der Waals surface area contributed by atoms with E-state index in [9.17, 15) is 0 Å². The van der Waals surface area contributed by atoms with Gasteiger partial charge in [0, 0.05) is 18.6 Å². The molecule has 0 amide bonds. The molecule has 0 saturated heterocycles. The van der Waals surface area contributed by atoms with Gasteiger partial charge in [-0.05, 0) is 57.3 Å². The van der Waals surface area contributed by atoms with E-state index in [0.717, 1.165) is 25.6 Å². The van der Waals surface area contributed by atoms with Gasteiger partial charge in [-0.3, -0.25) is 4.90 Å². The number of hydrogen-bond acceptors (Lipinski definition) is 2. The minimum absolute atomic E-state index is 0.651. The molecule has 0 aromatic heterocycles. The standard InChI is InChI=1S/C17H28N2/c1-4-14(2)19(3)13-16-8-6-5-7-15(16)11-12-18-17-9-10-17/h5-8,14,17-18H,4,9-13H2,1-3H3. The van der Waals surface area contributed by atoms with Crippen LogP contribution in [0.25, 0.3) is 0 Å². The van der Waals surface area contributed by atoms with Crippen LogP contribution in [0.15, 0.2) is 24.3 Å². The number of rotatable bonds is 8. The SMILES string of the molecule is CCC(C)N(C)Cc1ccccc1CCNC1CC1. The van der Waals surface area contributed by atoms with Crippen LogP contribution in [0.4, 0.5) is 0 Å². The summed E-state index contributed by atoms with van der Waals surface area (Å²) in [4.78, 5) is 2.45. The summed E-state index contributed by atoms with van der Waals surface area (Å²) in [5, 5.41) is 3.61. The maximum atomic E-state index is 3.61. The van der Waals surface area contributed by atoms with Gasteiger partial charge in [-0.2, -0.15) is 0 Å². The highest BCUT2D eigenvalue weighted by Gasteiger charge is 2.19. The normalized spacial score (nSPS) is 16.8. The molecular weight excluding hydrogens is 232 g/mol. The van der Waals surface area contributed by atoms with Crippen LogP contribution in [0.3, 0.4) is 0 Å². The molecule has 1 unspecified atom stereocenters. The Morgan fingerprint density at radius 1 is 1.26 bits per heavy atom. The molecule has 0 aliphatic heterocycles. The third-order valence-electron chi connectivity index (χ3n) is 4.29. The van der Waals surface area contributed by atoms with E-state index in [1.165, 1.54) is 30.4 Å². The Hall–Kier alpha value is -0.860. The molecule has 0 heterocycles. The summed E-state index contributed by atoms with van der Waals surface area (Å²) in [5.41, 5.74) is 2.99. The summed E-state index contributed by atoms with van der Waals surface area (Å²) >= 11 is 0. The lowest BCUT2D eigenvalue weighted by atomic mass is 10.0. The molecule has 2 rings (SSSR count). The van der Waals surface area contributed by atoms with Gasteiger partial charge >= 0.3 is 0 Å². The highest BCUT2D eigenvalue weighted by atomic mass is 15.1. The van der Waals surface area contributed by atoms with Crippen molar-refractivity contribution in [3.63, 3.8) is 0 Å². The third-order valence-corrected chi connectivity index (χ3v) is 4.29. The summed E-state index contributed by atoms with van der Waals surface area (Å²) in [5.74, 6) is 0. The molecule has 1 aliphatic rings. The van der Waals surface area contributed by atoms with Crippen LogP contribution in [0.1, 0.15) is 44.2 Å². The fourth-order valence-corrected chi connectivity index (χ4v) is 2.39. The number of benzene rings is 1. The largest absolute Gasteiger partial charge is 0.314 e. The Labute approximate surface area is 118 Å². The summed E-state index contributed by atoms with van der Waals surface area (Å²) in [6.45, 7) is 6.74. The van der Waals surface area contributed by atoms with E-state index in [1.807, 2.05) is 0 Å². The quantitative estimate of drug-likeness (QED) is 0.772. The van der Waals surface area contributed by atoms with Crippen LogP contribution >= 0.6 is 0 Å². The van der Waals surface area contributed by atoms with Gasteiger partial charge in [0.15, 0.2) is 0 Å². The summed E-state index contributed by atoms with van der Waals surface area (Å²) in [7, 11) is 2.23. The van der Waals surface area contributed by atoms with E-state index in [1.54, 1.807) is 0 Å². The lowest BCUT2D eigenvalue weighted by molar-refractivity contribution is 0.243. The highest BCUT2D eigenvalue weighted by Crippen LogP contribution is 2.19. The van der Waals surface area contributed by atoms with E-state index in [-0.39, 0.29) is 0 Å². The van der Waals surface area contributed by atoms with Crippen molar-refractivity contribution in [3.8, 4) is 0 Å². The molecular formula is C17H28N2. The van der Waals surface area contributed by atoms with Gasteiger partial charge in [0.1, 0.15) is 0 Å². The smallest absolute Gasteiger partial charge is 0.0236 e. The van der Waals surface area contributed by atoms with Gasteiger partial charge in [-0.25, -0.2) is 0 Å². The lowest BCUT2D eigenvalue weighted by Gasteiger charge is -2.24. The first-order chi connectivity index (χ1) is 9.20. The fourth-order valence-electron chi connectivity index (χ4n) is 2.39. The van der Waals surface area contributed by atoms with Crippen molar-refractivity contribution in [2.45, 2.75) is 58.2 Å². The van der Waals surface area contributed by atoms with Gasteiger partial charge in [0.2, 0.25) is 0 Å². The molecule has 1 saturated carbocycles. The van der Waals surface area contributed by atoms with Crippen molar-refractivity contribution in [3.05, 3.63) is 35.4 Å². The molecule has 19 heavy (non-hydrogen) atoms. The van der Waals surface area contributed by atoms with Crippen molar-refractivity contribution < 1.29 is 0 Å². The minimum atomic E-state index is 0.651. The van der Waals surface area contributed by atoms with Crippen molar-refractivity contribution in [1.82, 2.24) is 10.2 Å². The molecule has 1 aromatic carbocycles. The second-order valence-corrected chi connectivity index (χ2v) is 5.92. The average Bonchev–Trinajstić information content (AvgIpc) is 3.24. The third kappa shape index (κ3) is 4.63. The second-order valence-electron chi connectivity index (χ2n) is 5.92. The fraction of sp³-hybridized carbons (Fsp3) is 0.647. The van der Waals surface area contributed by atoms with Crippen LogP contribution < -0.4 is 5.32 Å². The maximum absolute atomic E-state index is 3.61. The first kappa shape index (κ1) is 14.5. The van der Waals surface area contributed by atoms with Gasteiger partial charge in [-0.1, -0.05) is 31.2 Å². The van der Waals surface area contributed by atoms with Crippen molar-refractivity contribution in [2.75, 3.05) is 13.6 Å². The summed E-state index contributed by atoms with van der Waals surface area (Å²) in [6.07, 6.45) is 5.11. The minimum Gasteiger partial charge on any atom is -0.314 e. The second kappa shape index (κ2) is 7.06. The molecule has 1 aliphatic carbocycles. The summed E-state index contributed by atoms with van der Waals surface area (Å²) < 4.78 is 0. The van der Waals surface area contributed by atoms with Gasteiger partial charge < -0.3 is 5.32 Å². The zero-order valence-corrected chi connectivity index (χ0v) is 12.7. The zero-order chi connectivity index (χ0) is 13.7. The number of nitrogens with one attached hydrogen (secondary N) is 1. The van der Waals surface area contributed by atoms with Gasteiger partial charge in [0.25, 0.3) is 0 Å². The molecule has 0 bridgehead atoms. The van der Waals surface area contributed by atoms with Crippen LogP contribution in [0, 0.1) is 0 Å². The van der Waals surface area contributed by atoms with Crippen molar-refractivity contribution in [2.24, 2.45) is 0 Å². The van der Waals surface area contributed by atoms with E-state index in [2.05, 4.69) is 55.4 Å². The van der Waals surface area contributed by atoms with Crippen LogP contribution in [-0.4, -0.2) is 30.6 Å². The molecule has 2 heteroatoms. The van der Waals surface area contributed by atoms with Gasteiger partial charge in [-0.15, -0.1) is 0 Å². The molecule has 2 nitrogen and oxygen atoms in total. The summed E-state index contributed by atoms with van der Waals surface area (Å²) in [6, 6.07) is 10.4. The Morgan fingerprint density at radius 3 is 2.58 bits per heavy atom. The molecule has 0 radical (unpaired) electrons. The monoisotopic (exact) mass is 260 g/mol. The highest BCUT2D eigenvalue weighted by molar-refractivity contribution is 5.27. The molecule has 1 N–H and O–H groups in total. The first-order valence-corrected chi connectivity index (χ1v) is 7.71. The van der Waals surface area contributed by atoms with Crippen molar-refractivity contribution >= 4 is 0 Å².